The number of carbonyl (C=O) groups is 2. The number of fused-ring (bicyclic) bond motifs is 2. The van der Waals surface area contributed by atoms with Gasteiger partial charge in [-0.1, -0.05) is 24.3 Å². The molecule has 0 aliphatic carbocycles. The Kier molecular flexibility index (Phi) is 6.52. The van der Waals surface area contributed by atoms with E-state index in [4.69, 9.17) is 17.4 Å². The highest BCUT2D eigenvalue weighted by Crippen LogP contribution is 2.43. The van der Waals surface area contributed by atoms with E-state index in [2.05, 4.69) is 33.3 Å². The summed E-state index contributed by atoms with van der Waals surface area (Å²) in [5.74, 6) is 1.13. The predicted molar refractivity (Wildman–Crippen MR) is 137 cm³/mol. The number of thiol groups is 1. The molecule has 4 aliphatic heterocycles. The first kappa shape index (κ1) is 23.9. The second-order valence-corrected chi connectivity index (χ2v) is 11.1. The normalized spacial score (nSPS) is 27.3. The molecule has 36 heavy (non-hydrogen) atoms. The van der Waals surface area contributed by atoms with Crippen LogP contribution in [0.15, 0.2) is 36.4 Å². The maximum atomic E-state index is 13.7. The molecule has 0 radical (unpaired) electrons. The number of benzene rings is 2. The molecule has 6 rings (SSSR count). The molecule has 4 aliphatic rings. The van der Waals surface area contributed by atoms with Crippen molar-refractivity contribution in [1.29, 1.82) is 0 Å². The molecule has 3 unspecified atom stereocenters. The van der Waals surface area contributed by atoms with E-state index in [0.29, 0.717) is 37.8 Å². The summed E-state index contributed by atoms with van der Waals surface area (Å²) in [4.78, 5) is 28.6. The van der Waals surface area contributed by atoms with E-state index in [1.54, 1.807) is 6.07 Å². The fourth-order valence-electron chi connectivity index (χ4n) is 6.52. The third kappa shape index (κ3) is 4.55. The minimum absolute atomic E-state index is 0.145. The molecule has 2 amide bonds. The minimum atomic E-state index is -0.313. The first-order valence-electron chi connectivity index (χ1n) is 13.0. The van der Waals surface area contributed by atoms with E-state index < -0.39 is 0 Å². The van der Waals surface area contributed by atoms with Gasteiger partial charge in [-0.3, -0.25) is 24.7 Å². The van der Waals surface area contributed by atoms with Gasteiger partial charge in [-0.05, 0) is 78.9 Å². The molecular formula is C28H32FN3O3S. The van der Waals surface area contributed by atoms with Crippen LogP contribution in [-0.4, -0.2) is 47.4 Å². The van der Waals surface area contributed by atoms with Crippen LogP contribution in [-0.2, 0) is 22.7 Å². The molecule has 0 bridgehead atoms. The van der Waals surface area contributed by atoms with Gasteiger partial charge < -0.3 is 4.74 Å². The fourth-order valence-corrected chi connectivity index (χ4v) is 7.00. The Morgan fingerprint density at radius 2 is 1.86 bits per heavy atom. The highest BCUT2D eigenvalue weighted by molar-refractivity contribution is 7.80. The second kappa shape index (κ2) is 9.80. The largest absolute Gasteiger partial charge is 0.493 e. The third-order valence-electron chi connectivity index (χ3n) is 8.43. The summed E-state index contributed by atoms with van der Waals surface area (Å²) in [6.45, 7) is 4.33. The van der Waals surface area contributed by atoms with E-state index in [1.807, 2.05) is 6.07 Å². The Bertz CT molecular complexity index is 1180. The fraction of sp³-hybridized carbons (Fsp3) is 0.500. The average molecular weight is 510 g/mol. The van der Waals surface area contributed by atoms with Crippen molar-refractivity contribution in [2.24, 2.45) is 5.92 Å². The first-order valence-corrected chi connectivity index (χ1v) is 13.5. The monoisotopic (exact) mass is 509 g/mol. The van der Waals surface area contributed by atoms with Crippen molar-refractivity contribution < 1.29 is 18.7 Å². The van der Waals surface area contributed by atoms with Crippen LogP contribution in [0.3, 0.4) is 0 Å². The van der Waals surface area contributed by atoms with E-state index >= 15 is 0 Å². The second-order valence-electron chi connectivity index (χ2n) is 10.6. The number of rotatable bonds is 4. The van der Waals surface area contributed by atoms with Crippen molar-refractivity contribution in [3.8, 4) is 5.75 Å². The van der Waals surface area contributed by atoms with Gasteiger partial charge in [-0.25, -0.2) is 4.39 Å². The molecule has 1 N–H and O–H groups in total. The number of imide groups is 1. The van der Waals surface area contributed by atoms with E-state index in [0.717, 1.165) is 44.6 Å². The number of ether oxygens (including phenoxy) is 1. The SMILES string of the molecule is O=C1CCC(N2Cc3ccc(CN4CCC(C5CCOc6cc(F)ccc65)CC4)cc3C2S)C(=O)N1. The van der Waals surface area contributed by atoms with Crippen LogP contribution < -0.4 is 10.1 Å². The Morgan fingerprint density at radius 3 is 2.67 bits per heavy atom. The molecule has 0 saturated carbocycles. The molecule has 2 fully saturated rings. The van der Waals surface area contributed by atoms with Gasteiger partial charge in [0.05, 0.1) is 18.0 Å². The highest BCUT2D eigenvalue weighted by Gasteiger charge is 2.39. The molecule has 3 atom stereocenters. The zero-order valence-electron chi connectivity index (χ0n) is 20.3. The number of carbonyl (C=O) groups excluding carboxylic acids is 2. The average Bonchev–Trinajstić information content (AvgIpc) is 3.19. The summed E-state index contributed by atoms with van der Waals surface area (Å²) in [6, 6.07) is 11.3. The maximum absolute atomic E-state index is 13.7. The van der Waals surface area contributed by atoms with Gasteiger partial charge in [0.1, 0.15) is 11.6 Å². The summed E-state index contributed by atoms with van der Waals surface area (Å²) in [6.07, 6.45) is 4.18. The molecule has 2 saturated heterocycles. The lowest BCUT2D eigenvalue weighted by Gasteiger charge is -2.38. The van der Waals surface area contributed by atoms with Gasteiger partial charge in [0.2, 0.25) is 11.8 Å². The van der Waals surface area contributed by atoms with Gasteiger partial charge >= 0.3 is 0 Å². The van der Waals surface area contributed by atoms with Gasteiger partial charge in [0, 0.05) is 25.6 Å². The van der Waals surface area contributed by atoms with Crippen molar-refractivity contribution in [1.82, 2.24) is 15.1 Å². The number of amides is 2. The van der Waals surface area contributed by atoms with Crippen molar-refractivity contribution in [3.63, 3.8) is 0 Å². The Morgan fingerprint density at radius 1 is 1.03 bits per heavy atom. The van der Waals surface area contributed by atoms with Gasteiger partial charge in [0.15, 0.2) is 0 Å². The van der Waals surface area contributed by atoms with Crippen molar-refractivity contribution >= 4 is 24.4 Å². The van der Waals surface area contributed by atoms with Crippen molar-refractivity contribution in [2.75, 3.05) is 19.7 Å². The smallest absolute Gasteiger partial charge is 0.243 e. The molecule has 0 spiro atoms. The van der Waals surface area contributed by atoms with Crippen LogP contribution in [0.5, 0.6) is 5.75 Å². The highest BCUT2D eigenvalue weighted by atomic mass is 32.1. The Hall–Kier alpha value is -2.42. The number of hydrogen-bond acceptors (Lipinski definition) is 6. The number of likely N-dealkylation sites (tertiary alicyclic amines) is 1. The standard InChI is InChI=1S/C28H32FN3O3S/c29-20-3-4-22-21(9-12-35-25(22)14-20)18-7-10-31(11-8-18)15-17-1-2-19-16-32(28(36)23(19)13-17)24-5-6-26(33)30-27(24)34/h1-4,13-14,18,21,24,28,36H,5-12,15-16H2,(H,30,33,34). The number of piperidine rings is 2. The molecule has 2 aromatic rings. The Labute approximate surface area is 216 Å². The quantitative estimate of drug-likeness (QED) is 0.479. The zero-order chi connectivity index (χ0) is 24.8. The zero-order valence-corrected chi connectivity index (χ0v) is 21.2. The van der Waals surface area contributed by atoms with Gasteiger partial charge in [-0.2, -0.15) is 12.6 Å². The molecule has 8 heteroatoms. The van der Waals surface area contributed by atoms with Crippen molar-refractivity contribution in [2.45, 2.75) is 62.5 Å². The van der Waals surface area contributed by atoms with Crippen LogP contribution in [0.25, 0.3) is 0 Å². The van der Waals surface area contributed by atoms with Gasteiger partial charge in [-0.15, -0.1) is 0 Å². The molecule has 6 nitrogen and oxygen atoms in total. The topological polar surface area (TPSA) is 61.9 Å². The van der Waals surface area contributed by atoms with Crippen LogP contribution in [0.4, 0.5) is 4.39 Å². The van der Waals surface area contributed by atoms with Crippen LogP contribution >= 0.6 is 12.6 Å². The Balaban J connectivity index is 1.08. The summed E-state index contributed by atoms with van der Waals surface area (Å²) in [5, 5.41) is 2.33. The number of nitrogens with zero attached hydrogens (tertiary/aromatic N) is 2. The van der Waals surface area contributed by atoms with E-state index in [1.165, 1.54) is 28.3 Å². The minimum Gasteiger partial charge on any atom is -0.493 e. The molecule has 0 aromatic heterocycles. The van der Waals surface area contributed by atoms with E-state index in [9.17, 15) is 14.0 Å². The van der Waals surface area contributed by atoms with Gasteiger partial charge in [0.25, 0.3) is 0 Å². The number of hydrogen-bond donors (Lipinski definition) is 2. The predicted octanol–water partition coefficient (Wildman–Crippen LogP) is 4.15. The molecule has 4 heterocycles. The lowest BCUT2D eigenvalue weighted by molar-refractivity contribution is -0.137. The lowest BCUT2D eigenvalue weighted by Crippen LogP contribution is -2.51. The van der Waals surface area contributed by atoms with E-state index in [-0.39, 0.29) is 29.0 Å². The summed E-state index contributed by atoms with van der Waals surface area (Å²) in [7, 11) is 0. The molecule has 190 valence electrons. The molecule has 2 aromatic carbocycles. The van der Waals surface area contributed by atoms with Crippen LogP contribution in [0.2, 0.25) is 0 Å². The lowest BCUT2D eigenvalue weighted by atomic mass is 9.77. The van der Waals surface area contributed by atoms with Crippen LogP contribution in [0, 0.1) is 11.7 Å². The summed E-state index contributed by atoms with van der Waals surface area (Å²) < 4.78 is 19.4. The summed E-state index contributed by atoms with van der Waals surface area (Å²) in [5.41, 5.74) is 4.81. The summed E-state index contributed by atoms with van der Waals surface area (Å²) >= 11 is 4.87. The van der Waals surface area contributed by atoms with Crippen LogP contribution in [0.1, 0.15) is 65.6 Å². The molecular weight excluding hydrogens is 477 g/mol. The third-order valence-corrected chi connectivity index (χ3v) is 9.01. The number of halogens is 1. The van der Waals surface area contributed by atoms with Crippen molar-refractivity contribution in [3.05, 3.63) is 64.5 Å². The maximum Gasteiger partial charge on any atom is 0.243 e. The first-order chi connectivity index (χ1) is 17.5. The number of nitrogens with one attached hydrogen (secondary N) is 1.